The van der Waals surface area contributed by atoms with Gasteiger partial charge in [-0.15, -0.1) is 13.2 Å². The molecule has 1 aromatic carbocycles. The van der Waals surface area contributed by atoms with Crippen molar-refractivity contribution >= 4 is 27.5 Å². The molecule has 1 aromatic rings. The molecule has 4 N–H and O–H groups in total. The fourth-order valence-corrected chi connectivity index (χ4v) is 1.37. The Kier molecular flexibility index (Phi) is 3.32. The molecule has 1 rings (SSSR count). The minimum atomic E-state index is -4.91. The predicted octanol–water partition coefficient (Wildman–Crippen LogP) is 2.03. The molecule has 0 spiro atoms. The van der Waals surface area contributed by atoms with Crippen LogP contribution in [0.15, 0.2) is 16.6 Å². The van der Waals surface area contributed by atoms with Gasteiger partial charge in [0.25, 0.3) is 5.91 Å². The smallest absolute Gasteiger partial charge is 0.405 e. The summed E-state index contributed by atoms with van der Waals surface area (Å²) in [4.78, 5) is 11.0. The second-order valence-corrected chi connectivity index (χ2v) is 3.60. The number of amides is 1. The first-order valence-electron chi connectivity index (χ1n) is 3.86. The maximum Gasteiger partial charge on any atom is 0.573 e. The van der Waals surface area contributed by atoms with Crippen molar-refractivity contribution in [3.8, 4) is 5.75 Å². The number of rotatable bonds is 2. The average molecular weight is 299 g/mol. The molecule has 0 unspecified atom stereocenters. The van der Waals surface area contributed by atoms with E-state index in [4.69, 9.17) is 11.5 Å². The molecule has 0 aliphatic rings. The Morgan fingerprint density at radius 2 is 1.94 bits per heavy atom. The van der Waals surface area contributed by atoms with E-state index in [1.165, 1.54) is 6.07 Å². The number of alkyl halides is 3. The van der Waals surface area contributed by atoms with Crippen molar-refractivity contribution in [1.29, 1.82) is 0 Å². The Hall–Kier alpha value is -1.44. The molecule has 0 fully saturated rings. The Balaban J connectivity index is 3.29. The lowest BCUT2D eigenvalue weighted by molar-refractivity contribution is -0.274. The van der Waals surface area contributed by atoms with Gasteiger partial charge in [0.2, 0.25) is 0 Å². The highest BCUT2D eigenvalue weighted by molar-refractivity contribution is 9.10. The van der Waals surface area contributed by atoms with Crippen molar-refractivity contribution < 1.29 is 22.7 Å². The fourth-order valence-electron chi connectivity index (χ4n) is 1.04. The van der Waals surface area contributed by atoms with Crippen molar-refractivity contribution in [3.63, 3.8) is 0 Å². The van der Waals surface area contributed by atoms with Crippen LogP contribution < -0.4 is 16.2 Å². The number of carbonyl (C=O) groups is 1. The van der Waals surface area contributed by atoms with E-state index in [0.29, 0.717) is 0 Å². The van der Waals surface area contributed by atoms with Crippen LogP contribution in [0.1, 0.15) is 10.4 Å². The van der Waals surface area contributed by atoms with Crippen molar-refractivity contribution in [2.75, 3.05) is 5.73 Å². The van der Waals surface area contributed by atoms with Gasteiger partial charge in [0.1, 0.15) is 11.3 Å². The van der Waals surface area contributed by atoms with Crippen LogP contribution in [0.25, 0.3) is 0 Å². The zero-order valence-corrected chi connectivity index (χ0v) is 9.22. The summed E-state index contributed by atoms with van der Waals surface area (Å²) in [7, 11) is 0. The molecule has 0 bridgehead atoms. The van der Waals surface area contributed by atoms with Gasteiger partial charge in [0.15, 0.2) is 0 Å². The summed E-state index contributed by atoms with van der Waals surface area (Å²) in [6.45, 7) is 0. The molecule has 0 aliphatic heterocycles. The van der Waals surface area contributed by atoms with Gasteiger partial charge in [0.05, 0.1) is 5.69 Å². The second-order valence-electron chi connectivity index (χ2n) is 2.75. The largest absolute Gasteiger partial charge is 0.573 e. The second kappa shape index (κ2) is 4.20. The molecule has 4 nitrogen and oxygen atoms in total. The van der Waals surface area contributed by atoms with E-state index in [9.17, 15) is 18.0 Å². The number of primary amides is 1. The molecule has 88 valence electrons. The average Bonchev–Trinajstić information content (AvgIpc) is 2.08. The molecule has 0 saturated carbocycles. The van der Waals surface area contributed by atoms with E-state index in [1.54, 1.807) is 0 Å². The summed E-state index contributed by atoms with van der Waals surface area (Å²) in [5.41, 5.74) is 9.62. The third-order valence-corrected chi connectivity index (χ3v) is 2.32. The van der Waals surface area contributed by atoms with Gasteiger partial charge in [-0.05, 0) is 28.1 Å². The highest BCUT2D eigenvalue weighted by Gasteiger charge is 2.33. The Labute approximate surface area is 96.5 Å². The number of halogens is 4. The number of carbonyl (C=O) groups excluding carboxylic acids is 1. The highest BCUT2D eigenvalue weighted by atomic mass is 79.9. The first-order valence-corrected chi connectivity index (χ1v) is 4.65. The lowest BCUT2D eigenvalue weighted by Crippen LogP contribution is -2.22. The zero-order chi connectivity index (χ0) is 12.5. The van der Waals surface area contributed by atoms with Crippen molar-refractivity contribution in [1.82, 2.24) is 0 Å². The van der Waals surface area contributed by atoms with E-state index in [2.05, 4.69) is 20.7 Å². The molecular formula is C8H6BrF3N2O2. The zero-order valence-electron chi connectivity index (χ0n) is 7.64. The van der Waals surface area contributed by atoms with Gasteiger partial charge in [0, 0.05) is 4.47 Å². The molecular weight excluding hydrogens is 293 g/mol. The minimum absolute atomic E-state index is 0.200. The number of hydrogen-bond donors (Lipinski definition) is 2. The fraction of sp³-hybridized carbons (Fsp3) is 0.125. The van der Waals surface area contributed by atoms with Crippen LogP contribution in [0.5, 0.6) is 5.75 Å². The van der Waals surface area contributed by atoms with E-state index >= 15 is 0 Å². The van der Waals surface area contributed by atoms with Crippen LogP contribution in [-0.2, 0) is 0 Å². The molecule has 0 aromatic heterocycles. The maximum atomic E-state index is 12.0. The summed E-state index contributed by atoms with van der Waals surface area (Å²) in [5, 5.41) is 0. The quantitative estimate of drug-likeness (QED) is 0.820. The number of benzene rings is 1. The topological polar surface area (TPSA) is 78.3 Å². The van der Waals surface area contributed by atoms with Crippen molar-refractivity contribution in [2.45, 2.75) is 6.36 Å². The number of nitrogens with two attached hydrogens (primary N) is 2. The minimum Gasteiger partial charge on any atom is -0.405 e. The lowest BCUT2D eigenvalue weighted by atomic mass is 10.1. The third kappa shape index (κ3) is 2.78. The number of nitrogen functional groups attached to an aromatic ring is 1. The number of hydrogen-bond acceptors (Lipinski definition) is 3. The van der Waals surface area contributed by atoms with Gasteiger partial charge in [-0.2, -0.15) is 0 Å². The van der Waals surface area contributed by atoms with E-state index in [1.807, 2.05) is 0 Å². The van der Waals surface area contributed by atoms with Gasteiger partial charge < -0.3 is 16.2 Å². The standard InChI is InChI=1S/C8H6BrF3N2O2/c9-3-1-2-4(16-8(10,11)12)5(6(3)13)7(14)15/h1-2H,13H2,(H2,14,15). The Morgan fingerprint density at radius 1 is 1.38 bits per heavy atom. The van der Waals surface area contributed by atoms with E-state index in [0.717, 1.165) is 6.07 Å². The SMILES string of the molecule is NC(=O)c1c(OC(F)(F)F)ccc(Br)c1N. The molecule has 1 amide bonds. The summed E-state index contributed by atoms with van der Waals surface area (Å²) in [5.74, 6) is -1.82. The number of ether oxygens (including phenoxy) is 1. The van der Waals surface area contributed by atoms with E-state index < -0.39 is 23.6 Å². The molecule has 0 saturated heterocycles. The van der Waals surface area contributed by atoms with Crippen LogP contribution in [0, 0.1) is 0 Å². The summed E-state index contributed by atoms with van der Waals surface area (Å²) < 4.78 is 39.9. The molecule has 0 radical (unpaired) electrons. The maximum absolute atomic E-state index is 12.0. The van der Waals surface area contributed by atoms with Crippen LogP contribution >= 0.6 is 15.9 Å². The van der Waals surface area contributed by atoms with Crippen LogP contribution in [-0.4, -0.2) is 12.3 Å². The van der Waals surface area contributed by atoms with Gasteiger partial charge in [-0.3, -0.25) is 4.79 Å². The van der Waals surface area contributed by atoms with Crippen LogP contribution in [0.4, 0.5) is 18.9 Å². The first-order chi connectivity index (χ1) is 7.22. The van der Waals surface area contributed by atoms with Gasteiger partial charge in [-0.25, -0.2) is 0 Å². The Bertz CT molecular complexity index is 434. The normalized spacial score (nSPS) is 11.2. The van der Waals surface area contributed by atoms with Crippen LogP contribution in [0.3, 0.4) is 0 Å². The summed E-state index contributed by atoms with van der Waals surface area (Å²) in [6.07, 6.45) is -4.91. The third-order valence-electron chi connectivity index (χ3n) is 1.63. The number of anilines is 1. The summed E-state index contributed by atoms with van der Waals surface area (Å²) in [6, 6.07) is 2.18. The molecule has 0 heterocycles. The first kappa shape index (κ1) is 12.6. The molecule has 0 aliphatic carbocycles. The highest BCUT2D eigenvalue weighted by Crippen LogP contribution is 2.33. The van der Waals surface area contributed by atoms with Gasteiger partial charge in [-0.1, -0.05) is 0 Å². The van der Waals surface area contributed by atoms with Crippen LogP contribution in [0.2, 0.25) is 0 Å². The molecule has 8 heteroatoms. The monoisotopic (exact) mass is 298 g/mol. The lowest BCUT2D eigenvalue weighted by Gasteiger charge is -2.13. The van der Waals surface area contributed by atoms with Gasteiger partial charge >= 0.3 is 6.36 Å². The molecule has 16 heavy (non-hydrogen) atoms. The predicted molar refractivity (Wildman–Crippen MR) is 53.8 cm³/mol. The van der Waals surface area contributed by atoms with E-state index in [-0.39, 0.29) is 10.2 Å². The van der Waals surface area contributed by atoms with Crippen molar-refractivity contribution in [3.05, 3.63) is 22.2 Å². The summed E-state index contributed by atoms with van der Waals surface area (Å²) >= 11 is 2.96. The molecule has 0 atom stereocenters. The van der Waals surface area contributed by atoms with Crippen molar-refractivity contribution in [2.24, 2.45) is 5.73 Å². The Morgan fingerprint density at radius 3 is 2.38 bits per heavy atom.